The summed E-state index contributed by atoms with van der Waals surface area (Å²) >= 11 is 4.14. The first-order valence-corrected chi connectivity index (χ1v) is 4.19. The monoisotopic (exact) mass is 186 g/mol. The van der Waals surface area contributed by atoms with Gasteiger partial charge in [0.05, 0.1) is 7.11 Å². The van der Waals surface area contributed by atoms with Crippen molar-refractivity contribution in [3.63, 3.8) is 0 Å². The van der Waals surface area contributed by atoms with Crippen molar-refractivity contribution in [3.05, 3.63) is 23.5 Å². The molecule has 0 aliphatic heterocycles. The molecule has 0 saturated carbocycles. The lowest BCUT2D eigenvalue weighted by atomic mass is 10.1. The SMILES string of the molecule is CCc1cc(OC)c(F)cc1S. The molecule has 0 aromatic heterocycles. The average molecular weight is 186 g/mol. The average Bonchev–Trinajstić information content (AvgIpc) is 2.05. The van der Waals surface area contributed by atoms with E-state index in [0.717, 1.165) is 12.0 Å². The van der Waals surface area contributed by atoms with E-state index in [2.05, 4.69) is 12.6 Å². The molecule has 0 aliphatic carbocycles. The Balaban J connectivity index is 3.18. The smallest absolute Gasteiger partial charge is 0.166 e. The molecule has 0 heterocycles. The Morgan fingerprint density at radius 1 is 1.50 bits per heavy atom. The van der Waals surface area contributed by atoms with Gasteiger partial charge in [-0.25, -0.2) is 4.39 Å². The fourth-order valence-electron chi connectivity index (χ4n) is 1.02. The number of rotatable bonds is 2. The zero-order valence-corrected chi connectivity index (χ0v) is 7.99. The van der Waals surface area contributed by atoms with Crippen molar-refractivity contribution in [3.8, 4) is 5.75 Å². The molecule has 1 aromatic rings. The molecule has 0 spiro atoms. The van der Waals surface area contributed by atoms with Gasteiger partial charge in [0.25, 0.3) is 0 Å². The second-order valence-corrected chi connectivity index (χ2v) is 2.95. The van der Waals surface area contributed by atoms with Gasteiger partial charge in [-0.1, -0.05) is 6.92 Å². The van der Waals surface area contributed by atoms with Crippen molar-refractivity contribution >= 4 is 12.6 Å². The third kappa shape index (κ3) is 1.72. The van der Waals surface area contributed by atoms with Crippen LogP contribution in [0.5, 0.6) is 5.75 Å². The highest BCUT2D eigenvalue weighted by Crippen LogP contribution is 2.24. The molecule has 0 fully saturated rings. The fraction of sp³-hybridized carbons (Fsp3) is 0.333. The molecule has 0 bridgehead atoms. The summed E-state index contributed by atoms with van der Waals surface area (Å²) in [4.78, 5) is 0.677. The van der Waals surface area contributed by atoms with Crippen LogP contribution in [0.15, 0.2) is 17.0 Å². The van der Waals surface area contributed by atoms with Gasteiger partial charge in [0.1, 0.15) is 0 Å². The van der Waals surface area contributed by atoms with E-state index in [1.165, 1.54) is 13.2 Å². The van der Waals surface area contributed by atoms with E-state index >= 15 is 0 Å². The summed E-state index contributed by atoms with van der Waals surface area (Å²) in [6.45, 7) is 1.99. The first-order chi connectivity index (χ1) is 5.69. The van der Waals surface area contributed by atoms with Crippen LogP contribution in [0.1, 0.15) is 12.5 Å². The number of benzene rings is 1. The molecule has 0 saturated heterocycles. The van der Waals surface area contributed by atoms with Crippen molar-refractivity contribution in [2.24, 2.45) is 0 Å². The van der Waals surface area contributed by atoms with Crippen LogP contribution < -0.4 is 4.74 Å². The van der Waals surface area contributed by atoms with Crippen LogP contribution in [-0.2, 0) is 6.42 Å². The van der Waals surface area contributed by atoms with Crippen LogP contribution in [0.4, 0.5) is 4.39 Å². The maximum atomic E-state index is 13.0. The Morgan fingerprint density at radius 2 is 2.17 bits per heavy atom. The van der Waals surface area contributed by atoms with Gasteiger partial charge < -0.3 is 4.74 Å². The maximum Gasteiger partial charge on any atom is 0.166 e. The van der Waals surface area contributed by atoms with E-state index < -0.39 is 0 Å². The molecule has 0 aliphatic rings. The quantitative estimate of drug-likeness (QED) is 0.699. The van der Waals surface area contributed by atoms with Crippen LogP contribution in [0.3, 0.4) is 0 Å². The summed E-state index contributed by atoms with van der Waals surface area (Å²) in [5, 5.41) is 0. The number of ether oxygens (including phenoxy) is 1. The van der Waals surface area contributed by atoms with Crippen LogP contribution in [-0.4, -0.2) is 7.11 Å². The molecular weight excluding hydrogens is 175 g/mol. The summed E-state index contributed by atoms with van der Waals surface area (Å²) in [5.74, 6) is -0.0793. The molecule has 0 atom stereocenters. The molecule has 1 rings (SSSR count). The molecule has 1 nitrogen and oxygen atoms in total. The third-order valence-corrected chi connectivity index (χ3v) is 2.15. The van der Waals surface area contributed by atoms with Gasteiger partial charge in [-0.15, -0.1) is 12.6 Å². The summed E-state index contributed by atoms with van der Waals surface area (Å²) in [5.41, 5.74) is 0.997. The first kappa shape index (κ1) is 9.39. The van der Waals surface area contributed by atoms with Crippen LogP contribution in [0, 0.1) is 5.82 Å². The molecule has 0 amide bonds. The van der Waals surface area contributed by atoms with Crippen molar-refractivity contribution in [2.75, 3.05) is 7.11 Å². The summed E-state index contributed by atoms with van der Waals surface area (Å²) in [7, 11) is 1.45. The highest BCUT2D eigenvalue weighted by Gasteiger charge is 2.05. The lowest BCUT2D eigenvalue weighted by molar-refractivity contribution is 0.385. The Kier molecular flexibility index (Phi) is 2.98. The summed E-state index contributed by atoms with van der Waals surface area (Å²) in [6, 6.07) is 3.05. The predicted molar refractivity (Wildman–Crippen MR) is 49.6 cm³/mol. The number of thiol groups is 1. The van der Waals surface area contributed by atoms with Crippen LogP contribution in [0.25, 0.3) is 0 Å². The van der Waals surface area contributed by atoms with E-state index in [1.807, 2.05) is 6.92 Å². The minimum absolute atomic E-state index is 0.282. The van der Waals surface area contributed by atoms with Gasteiger partial charge in [-0.05, 0) is 24.1 Å². The Labute approximate surface area is 77.0 Å². The fourth-order valence-corrected chi connectivity index (χ4v) is 1.36. The molecule has 0 N–H and O–H groups in total. The number of methoxy groups -OCH3 is 1. The summed E-state index contributed by atoms with van der Waals surface area (Å²) < 4.78 is 17.8. The molecular formula is C9H11FOS. The van der Waals surface area contributed by atoms with E-state index in [4.69, 9.17) is 4.74 Å². The van der Waals surface area contributed by atoms with Crippen LogP contribution in [0.2, 0.25) is 0 Å². The minimum Gasteiger partial charge on any atom is -0.494 e. The molecule has 1 aromatic carbocycles. The standard InChI is InChI=1S/C9H11FOS/c1-3-6-4-8(11-2)7(10)5-9(6)12/h4-5,12H,3H2,1-2H3. The topological polar surface area (TPSA) is 9.23 Å². The highest BCUT2D eigenvalue weighted by molar-refractivity contribution is 7.80. The van der Waals surface area contributed by atoms with Gasteiger partial charge in [0.15, 0.2) is 11.6 Å². The van der Waals surface area contributed by atoms with E-state index in [1.54, 1.807) is 6.07 Å². The van der Waals surface area contributed by atoms with Gasteiger partial charge in [0.2, 0.25) is 0 Å². The van der Waals surface area contributed by atoms with E-state index in [0.29, 0.717) is 4.90 Å². The maximum absolute atomic E-state index is 13.0. The number of aryl methyl sites for hydroxylation is 1. The van der Waals surface area contributed by atoms with Crippen LogP contribution >= 0.6 is 12.6 Å². The van der Waals surface area contributed by atoms with Crippen molar-refractivity contribution in [1.29, 1.82) is 0 Å². The van der Waals surface area contributed by atoms with Crippen molar-refractivity contribution in [2.45, 2.75) is 18.2 Å². The number of hydrogen-bond donors (Lipinski definition) is 1. The third-order valence-electron chi connectivity index (χ3n) is 1.73. The largest absolute Gasteiger partial charge is 0.494 e. The second kappa shape index (κ2) is 3.81. The van der Waals surface area contributed by atoms with Gasteiger partial charge in [-0.2, -0.15) is 0 Å². The molecule has 12 heavy (non-hydrogen) atoms. The van der Waals surface area contributed by atoms with E-state index in [9.17, 15) is 4.39 Å². The molecule has 0 unspecified atom stereocenters. The Morgan fingerprint density at radius 3 is 2.67 bits per heavy atom. The minimum atomic E-state index is -0.361. The van der Waals surface area contributed by atoms with Gasteiger partial charge >= 0.3 is 0 Å². The van der Waals surface area contributed by atoms with Crippen molar-refractivity contribution < 1.29 is 9.13 Å². The number of halogens is 1. The Bertz CT molecular complexity index is 261. The molecule has 0 radical (unpaired) electrons. The molecule has 3 heteroatoms. The molecule has 66 valence electrons. The van der Waals surface area contributed by atoms with Crippen molar-refractivity contribution in [1.82, 2.24) is 0 Å². The lowest BCUT2D eigenvalue weighted by Gasteiger charge is -2.06. The normalized spacial score (nSPS) is 10.0. The number of hydrogen-bond acceptors (Lipinski definition) is 2. The van der Waals surface area contributed by atoms with Gasteiger partial charge in [0, 0.05) is 4.90 Å². The van der Waals surface area contributed by atoms with Gasteiger partial charge in [-0.3, -0.25) is 0 Å². The van der Waals surface area contributed by atoms with E-state index in [-0.39, 0.29) is 11.6 Å². The highest BCUT2D eigenvalue weighted by atomic mass is 32.1. The lowest BCUT2D eigenvalue weighted by Crippen LogP contribution is -1.91. The Hall–Kier alpha value is -0.700. The second-order valence-electron chi connectivity index (χ2n) is 2.47. The predicted octanol–water partition coefficient (Wildman–Crippen LogP) is 2.69. The zero-order valence-electron chi connectivity index (χ0n) is 7.10. The summed E-state index contributed by atoms with van der Waals surface area (Å²) in [6.07, 6.45) is 0.829. The first-order valence-electron chi connectivity index (χ1n) is 3.74. The zero-order chi connectivity index (χ0) is 9.14.